The van der Waals surface area contributed by atoms with Crippen molar-refractivity contribution in [3.63, 3.8) is 0 Å². The zero-order valence-corrected chi connectivity index (χ0v) is 9.19. The van der Waals surface area contributed by atoms with Gasteiger partial charge in [0.2, 0.25) is 0 Å². The molecule has 0 spiro atoms. The molecule has 1 aromatic carbocycles. The summed E-state index contributed by atoms with van der Waals surface area (Å²) >= 11 is 5.66. The smallest absolute Gasteiger partial charge is 0.315 e. The van der Waals surface area contributed by atoms with Crippen LogP contribution in [0.15, 0.2) is 12.1 Å². The lowest BCUT2D eigenvalue weighted by molar-refractivity contribution is -0.383. The van der Waals surface area contributed by atoms with Crippen LogP contribution in [0.4, 0.5) is 11.4 Å². The molecule has 0 saturated heterocycles. The quantitative estimate of drug-likeness (QED) is 0.361. The Labute approximate surface area is 101 Å². The molecule has 0 radical (unpaired) electrons. The molecule has 3 N–H and O–H groups in total. The average molecular weight is 255 g/mol. The summed E-state index contributed by atoms with van der Waals surface area (Å²) in [4.78, 5) is 20.2. The van der Waals surface area contributed by atoms with Crippen LogP contribution in [-0.4, -0.2) is 16.0 Å². The summed E-state index contributed by atoms with van der Waals surface area (Å²) in [5.74, 6) is 3.67. The molecular formula is C10H7ClN2O4. The van der Waals surface area contributed by atoms with E-state index in [4.69, 9.17) is 22.4 Å². The van der Waals surface area contributed by atoms with Crippen molar-refractivity contribution < 1.29 is 14.8 Å². The van der Waals surface area contributed by atoms with Crippen molar-refractivity contribution in [2.45, 2.75) is 6.42 Å². The van der Waals surface area contributed by atoms with E-state index in [0.29, 0.717) is 0 Å². The highest BCUT2D eigenvalue weighted by molar-refractivity contribution is 6.31. The van der Waals surface area contributed by atoms with E-state index in [1.807, 2.05) is 0 Å². The number of nitrogens with zero attached hydrogens (tertiary/aromatic N) is 1. The van der Waals surface area contributed by atoms with Crippen molar-refractivity contribution in [2.75, 3.05) is 5.73 Å². The maximum Gasteiger partial charge on any atom is 0.315 e. The van der Waals surface area contributed by atoms with Crippen molar-refractivity contribution >= 4 is 28.9 Å². The molecule has 88 valence electrons. The maximum atomic E-state index is 10.6. The van der Waals surface area contributed by atoms with Crippen molar-refractivity contribution in [3.8, 4) is 11.8 Å². The third kappa shape index (κ3) is 3.36. The van der Waals surface area contributed by atoms with Crippen molar-refractivity contribution in [1.82, 2.24) is 0 Å². The Morgan fingerprint density at radius 3 is 2.76 bits per heavy atom. The van der Waals surface area contributed by atoms with E-state index < -0.39 is 10.9 Å². The van der Waals surface area contributed by atoms with E-state index in [2.05, 4.69) is 11.8 Å². The first-order valence-corrected chi connectivity index (χ1v) is 4.73. The number of benzene rings is 1. The second-order valence-corrected chi connectivity index (χ2v) is 3.45. The van der Waals surface area contributed by atoms with Gasteiger partial charge < -0.3 is 10.8 Å². The monoisotopic (exact) mass is 254 g/mol. The Morgan fingerprint density at radius 2 is 2.24 bits per heavy atom. The summed E-state index contributed by atoms with van der Waals surface area (Å²) < 4.78 is 0. The summed E-state index contributed by atoms with van der Waals surface area (Å²) in [6, 6.07) is 2.46. The van der Waals surface area contributed by atoms with Crippen LogP contribution in [0, 0.1) is 22.0 Å². The highest BCUT2D eigenvalue weighted by Gasteiger charge is 2.15. The fourth-order valence-corrected chi connectivity index (χ4v) is 1.29. The number of carboxylic acids is 1. The Bertz CT molecular complexity index is 545. The van der Waals surface area contributed by atoms with Gasteiger partial charge in [0.1, 0.15) is 12.1 Å². The summed E-state index contributed by atoms with van der Waals surface area (Å²) in [5.41, 5.74) is 5.19. The Kier molecular flexibility index (Phi) is 3.91. The molecule has 0 amide bonds. The topological polar surface area (TPSA) is 106 Å². The van der Waals surface area contributed by atoms with Crippen LogP contribution in [0.2, 0.25) is 5.02 Å². The summed E-state index contributed by atoms with van der Waals surface area (Å²) in [6.45, 7) is 0. The van der Waals surface area contributed by atoms with Crippen molar-refractivity contribution in [2.24, 2.45) is 0 Å². The van der Waals surface area contributed by atoms with E-state index in [0.717, 1.165) is 6.07 Å². The van der Waals surface area contributed by atoms with Gasteiger partial charge >= 0.3 is 5.97 Å². The minimum absolute atomic E-state index is 0.116. The molecule has 0 fully saturated rings. The molecule has 1 aromatic rings. The minimum atomic E-state index is -1.09. The first-order chi connectivity index (χ1) is 7.91. The molecule has 6 nitrogen and oxygen atoms in total. The standard InChI is InChI=1S/C10H7ClN2O4/c11-7-4-6(2-1-3-9(14)15)10(12)8(5-7)13(16)17/h4-5H,3,12H2,(H,14,15). The van der Waals surface area contributed by atoms with Crippen LogP contribution in [0.1, 0.15) is 12.0 Å². The average Bonchev–Trinajstić information content (AvgIpc) is 2.21. The van der Waals surface area contributed by atoms with Gasteiger partial charge in [0, 0.05) is 11.1 Å². The van der Waals surface area contributed by atoms with Gasteiger partial charge in [0.05, 0.1) is 10.5 Å². The van der Waals surface area contributed by atoms with E-state index in [1.165, 1.54) is 6.07 Å². The third-order valence-electron chi connectivity index (χ3n) is 1.78. The van der Waals surface area contributed by atoms with Crippen LogP contribution in [0.3, 0.4) is 0 Å². The first-order valence-electron chi connectivity index (χ1n) is 4.36. The molecule has 7 heteroatoms. The zero-order chi connectivity index (χ0) is 13.0. The van der Waals surface area contributed by atoms with E-state index in [-0.39, 0.29) is 28.4 Å². The molecule has 0 bridgehead atoms. The fraction of sp³-hybridized carbons (Fsp3) is 0.100. The number of carbonyl (C=O) groups is 1. The third-order valence-corrected chi connectivity index (χ3v) is 2.00. The molecule has 0 aromatic heterocycles. The maximum absolute atomic E-state index is 10.6. The van der Waals surface area contributed by atoms with Crippen LogP contribution in [-0.2, 0) is 4.79 Å². The number of nitro benzene ring substituents is 1. The lowest BCUT2D eigenvalue weighted by Crippen LogP contribution is -1.98. The molecular weight excluding hydrogens is 248 g/mol. The number of halogens is 1. The zero-order valence-electron chi connectivity index (χ0n) is 8.44. The Hall–Kier alpha value is -2.26. The molecule has 0 saturated carbocycles. The lowest BCUT2D eigenvalue weighted by atomic mass is 10.1. The van der Waals surface area contributed by atoms with Crippen LogP contribution in [0.25, 0.3) is 0 Å². The van der Waals surface area contributed by atoms with Crippen molar-refractivity contribution in [3.05, 3.63) is 32.8 Å². The van der Waals surface area contributed by atoms with Gasteiger partial charge in [-0.15, -0.1) is 0 Å². The van der Waals surface area contributed by atoms with Gasteiger partial charge in [0.25, 0.3) is 5.69 Å². The molecule has 0 aliphatic rings. The number of nitro groups is 1. The molecule has 0 heterocycles. The van der Waals surface area contributed by atoms with Gasteiger partial charge in [-0.1, -0.05) is 23.4 Å². The van der Waals surface area contributed by atoms with Crippen LogP contribution >= 0.6 is 11.6 Å². The van der Waals surface area contributed by atoms with E-state index in [9.17, 15) is 14.9 Å². The predicted molar refractivity (Wildman–Crippen MR) is 61.6 cm³/mol. The van der Waals surface area contributed by atoms with E-state index in [1.54, 1.807) is 0 Å². The number of nitrogens with two attached hydrogens (primary N) is 1. The van der Waals surface area contributed by atoms with Crippen molar-refractivity contribution in [1.29, 1.82) is 0 Å². The Balaban J connectivity index is 3.19. The molecule has 0 atom stereocenters. The Morgan fingerprint density at radius 1 is 1.59 bits per heavy atom. The summed E-state index contributed by atoms with van der Waals surface area (Å²) in [7, 11) is 0. The fourth-order valence-electron chi connectivity index (χ4n) is 1.07. The molecule has 0 aliphatic heterocycles. The number of aliphatic carboxylic acids is 1. The summed E-state index contributed by atoms with van der Waals surface area (Å²) in [6.07, 6.45) is -0.375. The normalized spacial score (nSPS) is 9.24. The molecule has 1 rings (SSSR count). The second kappa shape index (κ2) is 5.18. The van der Waals surface area contributed by atoms with Gasteiger partial charge in [-0.25, -0.2) is 0 Å². The number of nitrogen functional groups attached to an aromatic ring is 1. The number of anilines is 1. The molecule has 17 heavy (non-hydrogen) atoms. The number of hydrogen-bond acceptors (Lipinski definition) is 4. The van der Waals surface area contributed by atoms with Gasteiger partial charge in [0.15, 0.2) is 0 Å². The number of hydrogen-bond donors (Lipinski definition) is 2. The summed E-state index contributed by atoms with van der Waals surface area (Å²) in [5, 5.41) is 19.1. The van der Waals surface area contributed by atoms with Crippen LogP contribution in [0.5, 0.6) is 0 Å². The van der Waals surface area contributed by atoms with Gasteiger partial charge in [-0.2, -0.15) is 0 Å². The molecule has 0 aliphatic carbocycles. The lowest BCUT2D eigenvalue weighted by Gasteiger charge is -2.00. The second-order valence-electron chi connectivity index (χ2n) is 3.02. The number of rotatable bonds is 2. The molecule has 0 unspecified atom stereocenters. The van der Waals surface area contributed by atoms with E-state index >= 15 is 0 Å². The van der Waals surface area contributed by atoms with Crippen LogP contribution < -0.4 is 5.73 Å². The largest absolute Gasteiger partial charge is 0.481 e. The SMILES string of the molecule is Nc1c(C#CCC(=O)O)cc(Cl)cc1[N+](=O)[O-]. The minimum Gasteiger partial charge on any atom is -0.481 e. The van der Waals surface area contributed by atoms with Gasteiger partial charge in [-0.3, -0.25) is 14.9 Å². The highest BCUT2D eigenvalue weighted by Crippen LogP contribution is 2.28. The first kappa shape index (κ1) is 12.8. The number of carboxylic acid groups (broad SMARTS) is 1. The van der Waals surface area contributed by atoms with Gasteiger partial charge in [-0.05, 0) is 6.07 Å². The highest BCUT2D eigenvalue weighted by atomic mass is 35.5. The predicted octanol–water partition coefficient (Wildman–Crippen LogP) is 1.66.